The van der Waals surface area contributed by atoms with Gasteiger partial charge in [-0.2, -0.15) is 5.01 Å². The van der Waals surface area contributed by atoms with Gasteiger partial charge in [-0.25, -0.2) is 4.79 Å². The van der Waals surface area contributed by atoms with E-state index in [-0.39, 0.29) is 25.2 Å². The molecule has 2 aromatic carbocycles. The van der Waals surface area contributed by atoms with Crippen LogP contribution in [0.15, 0.2) is 72.6 Å². The summed E-state index contributed by atoms with van der Waals surface area (Å²) in [5.74, 6) is -2.21. The number of aliphatic hydroxyl groups is 1. The fourth-order valence-electron chi connectivity index (χ4n) is 5.07. The van der Waals surface area contributed by atoms with Crippen LogP contribution >= 0.6 is 0 Å². The van der Waals surface area contributed by atoms with Crippen LogP contribution in [0.25, 0.3) is 0 Å². The lowest BCUT2D eigenvalue weighted by Crippen LogP contribution is -2.58. The number of allylic oxidation sites excluding steroid dienone is 1. The Morgan fingerprint density at radius 3 is 2.33 bits per heavy atom. The number of rotatable bonds is 12. The fourth-order valence-corrected chi connectivity index (χ4v) is 5.07. The van der Waals surface area contributed by atoms with Gasteiger partial charge in [-0.05, 0) is 67.7 Å². The number of ketones is 1. The van der Waals surface area contributed by atoms with Gasteiger partial charge >= 0.3 is 5.97 Å². The second-order valence-electron chi connectivity index (χ2n) is 10.6. The smallest absolute Gasteiger partial charge is 0.340 e. The maximum atomic E-state index is 13.1. The lowest BCUT2D eigenvalue weighted by molar-refractivity contribution is -0.160. The number of carboxylic acid groups (broad SMARTS) is 1. The number of hydrazine groups is 1. The predicted molar refractivity (Wildman–Crippen MR) is 148 cm³/mol. The second kappa shape index (κ2) is 12.3. The van der Waals surface area contributed by atoms with Crippen molar-refractivity contribution in [3.05, 3.63) is 94.9 Å². The van der Waals surface area contributed by atoms with Gasteiger partial charge in [0, 0.05) is 12.7 Å². The molecular formula is C31H37N3O5. The molecular weight excluding hydrogens is 494 g/mol. The highest BCUT2D eigenvalue weighted by atomic mass is 16.4. The van der Waals surface area contributed by atoms with Crippen LogP contribution in [-0.4, -0.2) is 62.5 Å². The summed E-state index contributed by atoms with van der Waals surface area (Å²) in [6.45, 7) is 8.33. The zero-order chi connectivity index (χ0) is 28.1. The molecule has 39 heavy (non-hydrogen) atoms. The van der Waals surface area contributed by atoms with Crippen LogP contribution in [0, 0.1) is 12.8 Å². The molecule has 2 aromatic rings. The van der Waals surface area contributed by atoms with Crippen LogP contribution in [-0.2, 0) is 27.2 Å². The number of carbonyl (C=O) groups excluding carboxylic acids is 2. The number of carbonyl (C=O) groups is 3. The Morgan fingerprint density at radius 2 is 1.69 bits per heavy atom. The summed E-state index contributed by atoms with van der Waals surface area (Å²) >= 11 is 0. The third-order valence-corrected chi connectivity index (χ3v) is 7.52. The molecule has 2 fully saturated rings. The standard InChI is InChI=1S/C31H37N3O5/c1-21-8-4-5-9-25(21)14-15-26-10-6-7-11-27(26)23(3)34-20-32(17-24-12-13-24)30(37)19-33(34)18-28(31(38)39)29(36)16-22(2)35/h4-11,18,23-24,35H,2,12-17,19-20H2,1,3H3,(H,38,39)/b28-18+. The van der Waals surface area contributed by atoms with Crippen LogP contribution in [0.1, 0.15) is 54.5 Å². The lowest BCUT2D eigenvalue weighted by atomic mass is 9.94. The number of aliphatic carboxylic acids is 1. The van der Waals surface area contributed by atoms with E-state index in [1.54, 1.807) is 5.01 Å². The maximum Gasteiger partial charge on any atom is 0.340 e. The Bertz CT molecular complexity index is 1280. The molecule has 0 aromatic heterocycles. The van der Waals surface area contributed by atoms with E-state index >= 15 is 0 Å². The van der Waals surface area contributed by atoms with Crippen molar-refractivity contribution >= 4 is 17.7 Å². The summed E-state index contributed by atoms with van der Waals surface area (Å²) in [4.78, 5) is 39.5. The molecule has 1 saturated heterocycles. The zero-order valence-electron chi connectivity index (χ0n) is 22.7. The van der Waals surface area contributed by atoms with E-state index in [2.05, 4.69) is 37.8 Å². The van der Waals surface area contributed by atoms with Gasteiger partial charge < -0.3 is 20.1 Å². The average Bonchev–Trinajstić information content (AvgIpc) is 3.71. The first-order valence-corrected chi connectivity index (χ1v) is 13.4. The summed E-state index contributed by atoms with van der Waals surface area (Å²) in [6.07, 6.45) is 4.66. The molecule has 2 aliphatic rings. The Balaban J connectivity index is 1.65. The highest BCUT2D eigenvalue weighted by molar-refractivity contribution is 6.17. The molecule has 0 radical (unpaired) electrons. The minimum atomic E-state index is -1.42. The van der Waals surface area contributed by atoms with E-state index < -0.39 is 29.5 Å². The SMILES string of the molecule is C=C(O)CC(=O)/C(=C\N1CC(=O)N(CC2CC2)CN1C(C)c1ccccc1CCc1ccccc1C)C(=O)O. The van der Waals surface area contributed by atoms with Crippen molar-refractivity contribution < 1.29 is 24.6 Å². The number of aliphatic hydroxyl groups excluding tert-OH is 1. The number of nitrogens with zero attached hydrogens (tertiary/aromatic N) is 3. The largest absolute Gasteiger partial charge is 0.512 e. The van der Waals surface area contributed by atoms with Crippen molar-refractivity contribution in [2.24, 2.45) is 5.92 Å². The number of hydrogen-bond acceptors (Lipinski definition) is 6. The van der Waals surface area contributed by atoms with E-state index in [9.17, 15) is 24.6 Å². The lowest BCUT2D eigenvalue weighted by Gasteiger charge is -2.46. The molecule has 2 N–H and O–H groups in total. The molecule has 1 atom stereocenters. The van der Waals surface area contributed by atoms with Gasteiger partial charge in [0.1, 0.15) is 12.1 Å². The molecule has 1 unspecified atom stereocenters. The Labute approximate surface area is 229 Å². The van der Waals surface area contributed by atoms with Crippen LogP contribution in [0.4, 0.5) is 0 Å². The average molecular weight is 532 g/mol. The molecule has 206 valence electrons. The van der Waals surface area contributed by atoms with Crippen molar-refractivity contribution in [3.8, 4) is 0 Å². The minimum Gasteiger partial charge on any atom is -0.512 e. The fraction of sp³-hybridized carbons (Fsp3) is 0.387. The van der Waals surface area contributed by atoms with Crippen molar-refractivity contribution in [2.45, 2.75) is 52.0 Å². The van der Waals surface area contributed by atoms with Crippen LogP contribution in [0.3, 0.4) is 0 Å². The highest BCUT2D eigenvalue weighted by Gasteiger charge is 2.36. The quantitative estimate of drug-likeness (QED) is 0.179. The van der Waals surface area contributed by atoms with E-state index in [1.807, 2.05) is 41.1 Å². The predicted octanol–water partition coefficient (Wildman–Crippen LogP) is 4.57. The van der Waals surface area contributed by atoms with E-state index in [1.165, 1.54) is 22.9 Å². The van der Waals surface area contributed by atoms with Crippen molar-refractivity contribution in [3.63, 3.8) is 0 Å². The molecule has 0 spiro atoms. The van der Waals surface area contributed by atoms with Gasteiger partial charge in [0.15, 0.2) is 5.78 Å². The molecule has 1 heterocycles. The zero-order valence-corrected chi connectivity index (χ0v) is 22.7. The molecule has 1 aliphatic carbocycles. The second-order valence-corrected chi connectivity index (χ2v) is 10.6. The van der Waals surface area contributed by atoms with Crippen LogP contribution < -0.4 is 0 Å². The number of hydrogen-bond donors (Lipinski definition) is 2. The molecule has 4 rings (SSSR count). The van der Waals surface area contributed by atoms with Gasteiger partial charge in [-0.15, -0.1) is 0 Å². The van der Waals surface area contributed by atoms with E-state index in [4.69, 9.17) is 0 Å². The summed E-state index contributed by atoms with van der Waals surface area (Å²) in [7, 11) is 0. The molecule has 1 aliphatic heterocycles. The third kappa shape index (κ3) is 7.15. The van der Waals surface area contributed by atoms with Crippen molar-refractivity contribution in [1.82, 2.24) is 14.9 Å². The Hall–Kier alpha value is -3.91. The molecule has 8 nitrogen and oxygen atoms in total. The summed E-state index contributed by atoms with van der Waals surface area (Å²) in [6, 6.07) is 16.3. The van der Waals surface area contributed by atoms with E-state index in [0.29, 0.717) is 12.5 Å². The molecule has 8 heteroatoms. The van der Waals surface area contributed by atoms with Crippen molar-refractivity contribution in [2.75, 3.05) is 19.8 Å². The molecule has 0 bridgehead atoms. The minimum absolute atomic E-state index is 0.0768. The monoisotopic (exact) mass is 531 g/mol. The first-order chi connectivity index (χ1) is 18.6. The number of carboxylic acids is 1. The number of aryl methyl sites for hydroxylation is 3. The first kappa shape index (κ1) is 28.1. The topological polar surface area (TPSA) is 101 Å². The van der Waals surface area contributed by atoms with Gasteiger partial charge in [0.2, 0.25) is 5.91 Å². The van der Waals surface area contributed by atoms with Crippen LogP contribution in [0.5, 0.6) is 0 Å². The van der Waals surface area contributed by atoms with Crippen LogP contribution in [0.2, 0.25) is 0 Å². The van der Waals surface area contributed by atoms with Gasteiger partial charge in [-0.1, -0.05) is 55.1 Å². The first-order valence-electron chi connectivity index (χ1n) is 13.4. The molecule has 1 saturated carbocycles. The summed E-state index contributed by atoms with van der Waals surface area (Å²) in [5, 5.41) is 22.8. The Morgan fingerprint density at radius 1 is 1.05 bits per heavy atom. The summed E-state index contributed by atoms with van der Waals surface area (Å²) < 4.78 is 0. The van der Waals surface area contributed by atoms with E-state index in [0.717, 1.165) is 31.2 Å². The normalized spacial score (nSPS) is 17.3. The third-order valence-electron chi connectivity index (χ3n) is 7.52. The van der Waals surface area contributed by atoms with Gasteiger partial charge in [0.25, 0.3) is 0 Å². The van der Waals surface area contributed by atoms with Gasteiger partial charge in [0.05, 0.1) is 24.9 Å². The summed E-state index contributed by atoms with van der Waals surface area (Å²) in [5.41, 5.74) is 4.30. The number of amides is 1. The van der Waals surface area contributed by atoms with Crippen molar-refractivity contribution in [1.29, 1.82) is 0 Å². The number of benzene rings is 2. The van der Waals surface area contributed by atoms with Gasteiger partial charge in [-0.3, -0.25) is 9.59 Å². The Kier molecular flexibility index (Phi) is 8.86. The number of Topliss-reactive ketones (excluding diaryl/α,β-unsaturated/α-hetero) is 1. The molecule has 1 amide bonds. The highest BCUT2D eigenvalue weighted by Crippen LogP contribution is 2.33. The maximum absolute atomic E-state index is 13.1.